The molecule has 1 aromatic carbocycles. The molecule has 1 aromatic rings. The zero-order chi connectivity index (χ0) is 12.8. The number of alkyl halides is 2. The summed E-state index contributed by atoms with van der Waals surface area (Å²) in [7, 11) is 1.42. The summed E-state index contributed by atoms with van der Waals surface area (Å²) < 4.78 is 32.2. The van der Waals surface area contributed by atoms with Crippen molar-refractivity contribution in [2.24, 2.45) is 5.73 Å². The number of hydrogen-bond donors (Lipinski definition) is 1. The van der Waals surface area contributed by atoms with Crippen molar-refractivity contribution in [2.75, 3.05) is 7.11 Å². The first-order valence-electron chi connectivity index (χ1n) is 5.65. The fraction of sp³-hybridized carbons (Fsp3) is 0.538. The summed E-state index contributed by atoms with van der Waals surface area (Å²) in [5, 5.41) is 0. The second-order valence-electron chi connectivity index (χ2n) is 4.88. The van der Waals surface area contributed by atoms with E-state index in [0.717, 1.165) is 30.9 Å². The van der Waals surface area contributed by atoms with Crippen molar-refractivity contribution in [2.45, 2.75) is 38.2 Å². The number of halogens is 2. The quantitative estimate of drug-likeness (QED) is 0.882. The molecule has 4 heteroatoms. The molecule has 0 aromatic heterocycles. The van der Waals surface area contributed by atoms with Crippen molar-refractivity contribution in [3.8, 4) is 5.75 Å². The van der Waals surface area contributed by atoms with E-state index in [1.54, 1.807) is 6.07 Å². The van der Waals surface area contributed by atoms with Gasteiger partial charge in [0, 0.05) is 18.0 Å². The van der Waals surface area contributed by atoms with E-state index in [9.17, 15) is 8.78 Å². The van der Waals surface area contributed by atoms with Crippen molar-refractivity contribution < 1.29 is 13.5 Å². The normalized spacial score (nSPS) is 18.0. The van der Waals surface area contributed by atoms with Crippen LogP contribution in [0.2, 0.25) is 0 Å². The third-order valence-electron chi connectivity index (χ3n) is 3.33. The lowest BCUT2D eigenvalue weighted by Gasteiger charge is -2.22. The molecule has 0 spiro atoms. The predicted molar refractivity (Wildman–Crippen MR) is 62.4 cm³/mol. The van der Waals surface area contributed by atoms with E-state index in [4.69, 9.17) is 10.5 Å². The van der Waals surface area contributed by atoms with Gasteiger partial charge in [-0.15, -0.1) is 0 Å². The van der Waals surface area contributed by atoms with E-state index in [-0.39, 0.29) is 11.3 Å². The number of methoxy groups -OCH3 is 1. The standard InChI is InChI=1S/C13H17F2NO/c1-8-4-5-9(12(2,14)15)11(17-3)10(8)13(16)6-7-13/h4-5H,6-7,16H2,1-3H3. The monoisotopic (exact) mass is 241 g/mol. The Hall–Kier alpha value is -1.16. The Balaban J connectivity index is 2.65. The third kappa shape index (κ3) is 2.02. The van der Waals surface area contributed by atoms with Gasteiger partial charge in [-0.05, 0) is 31.4 Å². The molecule has 0 radical (unpaired) electrons. The van der Waals surface area contributed by atoms with Gasteiger partial charge in [0.1, 0.15) is 5.75 Å². The third-order valence-corrected chi connectivity index (χ3v) is 3.33. The molecule has 2 rings (SSSR count). The van der Waals surface area contributed by atoms with E-state index in [2.05, 4.69) is 0 Å². The van der Waals surface area contributed by atoms with Crippen molar-refractivity contribution in [1.82, 2.24) is 0 Å². The maximum atomic E-state index is 13.5. The molecule has 0 saturated heterocycles. The maximum Gasteiger partial charge on any atom is 0.274 e. The van der Waals surface area contributed by atoms with E-state index in [0.29, 0.717) is 0 Å². The highest BCUT2D eigenvalue weighted by molar-refractivity contribution is 5.53. The van der Waals surface area contributed by atoms with E-state index >= 15 is 0 Å². The van der Waals surface area contributed by atoms with Crippen LogP contribution in [0.25, 0.3) is 0 Å². The number of hydrogen-bond acceptors (Lipinski definition) is 2. The van der Waals surface area contributed by atoms with Gasteiger partial charge in [0.15, 0.2) is 0 Å². The molecule has 1 aliphatic carbocycles. The molecular formula is C13H17F2NO. The lowest BCUT2D eigenvalue weighted by molar-refractivity contribution is 0.0149. The SMILES string of the molecule is COc1c(C(C)(F)F)ccc(C)c1C1(N)CC1. The average Bonchev–Trinajstić information content (AvgIpc) is 2.94. The molecule has 1 saturated carbocycles. The van der Waals surface area contributed by atoms with E-state index in [1.807, 2.05) is 6.92 Å². The highest BCUT2D eigenvalue weighted by Gasteiger charge is 2.45. The average molecular weight is 241 g/mol. The number of benzene rings is 1. The van der Waals surface area contributed by atoms with Crippen LogP contribution in [0.5, 0.6) is 5.75 Å². The molecule has 1 aliphatic rings. The first kappa shape index (κ1) is 12.3. The first-order chi connectivity index (χ1) is 7.79. The van der Waals surface area contributed by atoms with Gasteiger partial charge in [-0.2, -0.15) is 0 Å². The van der Waals surface area contributed by atoms with Crippen LogP contribution in [0.4, 0.5) is 8.78 Å². The molecule has 0 bridgehead atoms. The van der Waals surface area contributed by atoms with Gasteiger partial charge in [-0.3, -0.25) is 0 Å². The second kappa shape index (κ2) is 3.67. The minimum absolute atomic E-state index is 0.0858. The number of nitrogens with two attached hydrogens (primary N) is 1. The fourth-order valence-electron chi connectivity index (χ4n) is 2.24. The molecule has 1 fully saturated rings. The molecule has 2 nitrogen and oxygen atoms in total. The number of aryl methyl sites for hydroxylation is 1. The van der Waals surface area contributed by atoms with Crippen LogP contribution in [-0.2, 0) is 11.5 Å². The van der Waals surface area contributed by atoms with Crippen molar-refractivity contribution in [3.05, 3.63) is 28.8 Å². The molecule has 17 heavy (non-hydrogen) atoms. The van der Waals surface area contributed by atoms with Gasteiger partial charge in [-0.1, -0.05) is 6.07 Å². The van der Waals surface area contributed by atoms with Gasteiger partial charge in [0.25, 0.3) is 5.92 Å². The topological polar surface area (TPSA) is 35.2 Å². The molecule has 2 N–H and O–H groups in total. The Morgan fingerprint density at radius 1 is 1.35 bits per heavy atom. The minimum Gasteiger partial charge on any atom is -0.496 e. The van der Waals surface area contributed by atoms with Gasteiger partial charge in [0.05, 0.1) is 12.7 Å². The number of ether oxygens (including phenoxy) is 1. The van der Waals surface area contributed by atoms with Crippen LogP contribution in [0.3, 0.4) is 0 Å². The summed E-state index contributed by atoms with van der Waals surface area (Å²) >= 11 is 0. The lowest BCUT2D eigenvalue weighted by atomic mass is 9.93. The largest absolute Gasteiger partial charge is 0.496 e. The van der Waals surface area contributed by atoms with E-state index < -0.39 is 11.5 Å². The summed E-state index contributed by atoms with van der Waals surface area (Å²) in [6, 6.07) is 3.11. The molecule has 0 heterocycles. The fourth-order valence-corrected chi connectivity index (χ4v) is 2.24. The van der Waals surface area contributed by atoms with Crippen molar-refractivity contribution in [3.63, 3.8) is 0 Å². The molecule has 0 atom stereocenters. The first-order valence-corrected chi connectivity index (χ1v) is 5.65. The summed E-state index contributed by atoms with van der Waals surface area (Å²) in [5.74, 6) is -2.67. The van der Waals surface area contributed by atoms with Crippen LogP contribution >= 0.6 is 0 Å². The summed E-state index contributed by atoms with van der Waals surface area (Å²) in [6.45, 7) is 2.75. The summed E-state index contributed by atoms with van der Waals surface area (Å²) in [5.41, 5.74) is 7.22. The summed E-state index contributed by atoms with van der Waals surface area (Å²) in [4.78, 5) is 0. The Labute approximate surface area is 99.8 Å². The van der Waals surface area contributed by atoms with E-state index in [1.165, 1.54) is 13.2 Å². The molecule has 0 amide bonds. The molecule has 94 valence electrons. The Bertz CT molecular complexity index is 447. The Morgan fingerprint density at radius 2 is 1.94 bits per heavy atom. The van der Waals surface area contributed by atoms with Crippen LogP contribution < -0.4 is 10.5 Å². The highest BCUT2D eigenvalue weighted by atomic mass is 19.3. The van der Waals surface area contributed by atoms with Gasteiger partial charge in [0.2, 0.25) is 0 Å². The number of rotatable bonds is 3. The molecule has 0 unspecified atom stereocenters. The van der Waals surface area contributed by atoms with Crippen molar-refractivity contribution >= 4 is 0 Å². The predicted octanol–water partition coefficient (Wildman–Crippen LogP) is 3.06. The molecule has 0 aliphatic heterocycles. The smallest absolute Gasteiger partial charge is 0.274 e. The van der Waals surface area contributed by atoms with Crippen molar-refractivity contribution in [1.29, 1.82) is 0 Å². The van der Waals surface area contributed by atoms with Crippen LogP contribution in [-0.4, -0.2) is 7.11 Å². The zero-order valence-corrected chi connectivity index (χ0v) is 10.3. The van der Waals surface area contributed by atoms with Gasteiger partial charge >= 0.3 is 0 Å². The molecular weight excluding hydrogens is 224 g/mol. The Morgan fingerprint density at radius 3 is 2.35 bits per heavy atom. The van der Waals surface area contributed by atoms with Crippen LogP contribution in [0, 0.1) is 6.92 Å². The summed E-state index contributed by atoms with van der Waals surface area (Å²) in [6.07, 6.45) is 1.64. The maximum absolute atomic E-state index is 13.5. The second-order valence-corrected chi connectivity index (χ2v) is 4.88. The Kier molecular flexibility index (Phi) is 2.65. The minimum atomic E-state index is -2.92. The van der Waals surface area contributed by atoms with Gasteiger partial charge in [-0.25, -0.2) is 8.78 Å². The van der Waals surface area contributed by atoms with Crippen LogP contribution in [0.1, 0.15) is 36.5 Å². The van der Waals surface area contributed by atoms with Gasteiger partial charge < -0.3 is 10.5 Å². The highest BCUT2D eigenvalue weighted by Crippen LogP contribution is 2.50. The van der Waals surface area contributed by atoms with Crippen LogP contribution in [0.15, 0.2) is 12.1 Å². The zero-order valence-electron chi connectivity index (χ0n) is 10.3. The lowest BCUT2D eigenvalue weighted by Crippen LogP contribution is -2.23.